The Kier molecular flexibility index (Phi) is 4.38. The zero-order valence-corrected chi connectivity index (χ0v) is 12.2. The monoisotopic (exact) mass is 257 g/mol. The summed E-state index contributed by atoms with van der Waals surface area (Å²) in [5, 5.41) is 7.96. The van der Waals surface area contributed by atoms with Gasteiger partial charge in [0.25, 0.3) is 0 Å². The maximum absolute atomic E-state index is 4.51. The molecule has 2 rings (SSSR count). The van der Waals surface area contributed by atoms with E-state index in [2.05, 4.69) is 72.4 Å². The molecule has 1 aromatic carbocycles. The maximum Gasteiger partial charge on any atom is 0.0736 e. The summed E-state index contributed by atoms with van der Waals surface area (Å²) in [6, 6.07) is 11.1. The normalized spacial score (nSPS) is 14.6. The molecule has 0 saturated heterocycles. The van der Waals surface area contributed by atoms with Crippen molar-refractivity contribution in [3.8, 4) is 0 Å². The average Bonchev–Trinajstić information content (AvgIpc) is 2.82. The fourth-order valence-electron chi connectivity index (χ4n) is 2.63. The number of aromatic nitrogens is 2. The minimum atomic E-state index is 0.264. The average molecular weight is 257 g/mol. The van der Waals surface area contributed by atoms with Crippen molar-refractivity contribution in [2.24, 2.45) is 5.92 Å². The van der Waals surface area contributed by atoms with Crippen LogP contribution in [0.5, 0.6) is 0 Å². The van der Waals surface area contributed by atoms with Crippen LogP contribution in [0.1, 0.15) is 37.1 Å². The number of nitrogens with zero attached hydrogens (tertiary/aromatic N) is 2. The number of hydrogen-bond acceptors (Lipinski definition) is 2. The quantitative estimate of drug-likeness (QED) is 0.890. The van der Waals surface area contributed by atoms with Gasteiger partial charge in [0.15, 0.2) is 0 Å². The van der Waals surface area contributed by atoms with Crippen molar-refractivity contribution in [3.05, 3.63) is 53.9 Å². The SMILES string of the molecule is CNC(c1ccccc1)C(C(C)C)n1cc(C)cn1. The van der Waals surface area contributed by atoms with E-state index in [9.17, 15) is 0 Å². The second-order valence-corrected chi connectivity index (χ2v) is 5.41. The van der Waals surface area contributed by atoms with E-state index in [0.29, 0.717) is 12.0 Å². The summed E-state index contributed by atoms with van der Waals surface area (Å²) in [5.41, 5.74) is 2.51. The molecule has 102 valence electrons. The highest BCUT2D eigenvalue weighted by molar-refractivity contribution is 5.20. The molecular weight excluding hydrogens is 234 g/mol. The largest absolute Gasteiger partial charge is 0.311 e. The van der Waals surface area contributed by atoms with Gasteiger partial charge in [0, 0.05) is 6.20 Å². The van der Waals surface area contributed by atoms with E-state index in [1.165, 1.54) is 11.1 Å². The Balaban J connectivity index is 2.37. The van der Waals surface area contributed by atoms with E-state index in [1.54, 1.807) is 0 Å². The van der Waals surface area contributed by atoms with Crippen LogP contribution in [0.2, 0.25) is 0 Å². The van der Waals surface area contributed by atoms with Gasteiger partial charge in [-0.3, -0.25) is 4.68 Å². The first-order chi connectivity index (χ1) is 9.13. The zero-order chi connectivity index (χ0) is 13.8. The van der Waals surface area contributed by atoms with Crippen LogP contribution in [0.15, 0.2) is 42.7 Å². The van der Waals surface area contributed by atoms with Crippen LogP contribution in [0.25, 0.3) is 0 Å². The third-order valence-corrected chi connectivity index (χ3v) is 3.53. The lowest BCUT2D eigenvalue weighted by Crippen LogP contribution is -2.31. The standard InChI is InChI=1S/C16H23N3/c1-12(2)16(19-11-13(3)10-18-19)15(17-4)14-8-6-5-7-9-14/h5-12,15-17H,1-4H3. The van der Waals surface area contributed by atoms with Gasteiger partial charge in [-0.1, -0.05) is 44.2 Å². The fraction of sp³-hybridized carbons (Fsp3) is 0.438. The lowest BCUT2D eigenvalue weighted by Gasteiger charge is -2.30. The first-order valence-corrected chi connectivity index (χ1v) is 6.86. The van der Waals surface area contributed by atoms with Gasteiger partial charge in [-0.15, -0.1) is 0 Å². The molecule has 3 nitrogen and oxygen atoms in total. The van der Waals surface area contributed by atoms with Gasteiger partial charge in [0.2, 0.25) is 0 Å². The Bertz CT molecular complexity index is 502. The summed E-state index contributed by atoms with van der Waals surface area (Å²) in [5.74, 6) is 0.497. The number of aryl methyl sites for hydroxylation is 1. The third-order valence-electron chi connectivity index (χ3n) is 3.53. The molecule has 19 heavy (non-hydrogen) atoms. The molecule has 0 saturated carbocycles. The van der Waals surface area contributed by atoms with Crippen LogP contribution in [-0.2, 0) is 0 Å². The van der Waals surface area contributed by atoms with Crippen LogP contribution in [0.4, 0.5) is 0 Å². The minimum absolute atomic E-state index is 0.264. The summed E-state index contributed by atoms with van der Waals surface area (Å²) in [6.07, 6.45) is 4.05. The summed E-state index contributed by atoms with van der Waals surface area (Å²) in [7, 11) is 2.02. The highest BCUT2D eigenvalue weighted by Gasteiger charge is 2.26. The lowest BCUT2D eigenvalue weighted by atomic mass is 9.91. The van der Waals surface area contributed by atoms with Crippen molar-refractivity contribution in [3.63, 3.8) is 0 Å². The topological polar surface area (TPSA) is 29.9 Å². The Morgan fingerprint density at radius 1 is 1.16 bits per heavy atom. The minimum Gasteiger partial charge on any atom is -0.311 e. The molecular formula is C16H23N3. The molecule has 2 unspecified atom stereocenters. The van der Waals surface area contributed by atoms with Gasteiger partial charge >= 0.3 is 0 Å². The highest BCUT2D eigenvalue weighted by atomic mass is 15.3. The molecule has 1 N–H and O–H groups in total. The number of benzene rings is 1. The molecule has 0 fully saturated rings. The fourth-order valence-corrected chi connectivity index (χ4v) is 2.63. The molecule has 0 aliphatic rings. The van der Waals surface area contributed by atoms with Crippen molar-refractivity contribution in [2.45, 2.75) is 32.9 Å². The number of rotatable bonds is 5. The van der Waals surface area contributed by atoms with Crippen molar-refractivity contribution in [1.82, 2.24) is 15.1 Å². The Morgan fingerprint density at radius 3 is 2.32 bits per heavy atom. The molecule has 2 aromatic rings. The van der Waals surface area contributed by atoms with Crippen molar-refractivity contribution >= 4 is 0 Å². The van der Waals surface area contributed by atoms with E-state index in [1.807, 2.05) is 13.2 Å². The van der Waals surface area contributed by atoms with Gasteiger partial charge in [0.05, 0.1) is 18.3 Å². The highest BCUT2D eigenvalue weighted by Crippen LogP contribution is 2.31. The molecule has 0 amide bonds. The summed E-state index contributed by atoms with van der Waals surface area (Å²) in [6.45, 7) is 6.57. The second kappa shape index (κ2) is 6.02. The predicted molar refractivity (Wildman–Crippen MR) is 79.1 cm³/mol. The van der Waals surface area contributed by atoms with Gasteiger partial charge in [-0.25, -0.2) is 0 Å². The Hall–Kier alpha value is -1.61. The predicted octanol–water partition coefficient (Wildman–Crippen LogP) is 3.35. The molecule has 0 spiro atoms. The van der Waals surface area contributed by atoms with Gasteiger partial charge in [0.1, 0.15) is 0 Å². The smallest absolute Gasteiger partial charge is 0.0736 e. The van der Waals surface area contributed by atoms with Crippen LogP contribution >= 0.6 is 0 Å². The summed E-state index contributed by atoms with van der Waals surface area (Å²) >= 11 is 0. The summed E-state index contributed by atoms with van der Waals surface area (Å²) in [4.78, 5) is 0. The van der Waals surface area contributed by atoms with E-state index in [0.717, 1.165) is 0 Å². The van der Waals surface area contributed by atoms with E-state index >= 15 is 0 Å². The molecule has 0 aliphatic heterocycles. The second-order valence-electron chi connectivity index (χ2n) is 5.41. The van der Waals surface area contributed by atoms with E-state index < -0.39 is 0 Å². The van der Waals surface area contributed by atoms with Crippen LogP contribution in [-0.4, -0.2) is 16.8 Å². The molecule has 2 atom stereocenters. The lowest BCUT2D eigenvalue weighted by molar-refractivity contribution is 0.268. The zero-order valence-electron chi connectivity index (χ0n) is 12.2. The van der Waals surface area contributed by atoms with Crippen molar-refractivity contribution in [2.75, 3.05) is 7.05 Å². The van der Waals surface area contributed by atoms with Gasteiger partial charge in [-0.05, 0) is 31.0 Å². The third kappa shape index (κ3) is 3.04. The molecule has 3 heteroatoms. The Morgan fingerprint density at radius 2 is 1.84 bits per heavy atom. The number of nitrogens with one attached hydrogen (secondary N) is 1. The maximum atomic E-state index is 4.51. The van der Waals surface area contributed by atoms with Crippen LogP contribution in [0.3, 0.4) is 0 Å². The number of hydrogen-bond donors (Lipinski definition) is 1. The first-order valence-electron chi connectivity index (χ1n) is 6.86. The summed E-state index contributed by atoms with van der Waals surface area (Å²) < 4.78 is 2.09. The number of likely N-dealkylation sites (N-methyl/N-ethyl adjacent to an activating group) is 1. The van der Waals surface area contributed by atoms with E-state index in [-0.39, 0.29) is 6.04 Å². The molecule has 0 radical (unpaired) electrons. The van der Waals surface area contributed by atoms with Crippen LogP contribution in [0, 0.1) is 12.8 Å². The first kappa shape index (κ1) is 13.8. The van der Waals surface area contributed by atoms with Crippen LogP contribution < -0.4 is 5.32 Å². The van der Waals surface area contributed by atoms with Crippen molar-refractivity contribution in [1.29, 1.82) is 0 Å². The van der Waals surface area contributed by atoms with Gasteiger partial charge in [-0.2, -0.15) is 5.10 Å². The van der Waals surface area contributed by atoms with Crippen molar-refractivity contribution < 1.29 is 0 Å². The molecule has 0 aliphatic carbocycles. The van der Waals surface area contributed by atoms with E-state index in [4.69, 9.17) is 0 Å². The molecule has 1 aromatic heterocycles. The molecule has 1 heterocycles. The molecule has 0 bridgehead atoms. The Labute approximate surface area is 115 Å². The van der Waals surface area contributed by atoms with Gasteiger partial charge < -0.3 is 5.32 Å².